The molecule has 0 spiro atoms. The number of aryl methyl sites for hydroxylation is 1. The summed E-state index contributed by atoms with van der Waals surface area (Å²) in [6.45, 7) is 2.12. The van der Waals surface area contributed by atoms with Crippen molar-refractivity contribution in [3.63, 3.8) is 0 Å². The van der Waals surface area contributed by atoms with Gasteiger partial charge >= 0.3 is 0 Å². The molecule has 2 radical (unpaired) electrons. The van der Waals surface area contributed by atoms with Crippen LogP contribution in [0.15, 0.2) is 6.20 Å². The Balaban J connectivity index is 2.01. The van der Waals surface area contributed by atoms with E-state index in [-0.39, 0.29) is 5.31 Å². The Morgan fingerprint density at radius 3 is 1.84 bits per heavy atom. The maximum absolute atomic E-state index is 6.72. The summed E-state index contributed by atoms with van der Waals surface area (Å²) in [4.78, 5) is 5.86. The molecule has 0 saturated heterocycles. The molecule has 1 fully saturated rings. The van der Waals surface area contributed by atoms with Gasteiger partial charge < -0.3 is 0 Å². The number of hydrogen-bond donors (Lipinski definition) is 0. The van der Waals surface area contributed by atoms with Crippen molar-refractivity contribution in [1.82, 2.24) is 4.98 Å². The van der Waals surface area contributed by atoms with Gasteiger partial charge in [0.15, 0.2) is 0 Å². The van der Waals surface area contributed by atoms with Gasteiger partial charge in [-0.25, -0.2) is 4.98 Å². The third kappa shape index (κ3) is 4.63. The second-order valence-electron chi connectivity index (χ2n) is 6.11. The topological polar surface area (TPSA) is 12.9 Å². The Bertz CT molecular complexity index is 363. The smallest absolute Gasteiger partial charge is 0.0901 e. The van der Waals surface area contributed by atoms with Crippen molar-refractivity contribution < 1.29 is 0 Å². The fraction of sp³-hybridized carbons (Fsp3) is 0.812. The van der Waals surface area contributed by atoms with Crippen molar-refractivity contribution in [2.75, 3.05) is 0 Å². The van der Waals surface area contributed by atoms with E-state index in [0.717, 1.165) is 12.8 Å². The zero-order valence-electron chi connectivity index (χ0n) is 12.3. The Morgan fingerprint density at radius 2 is 1.42 bits per heavy atom. The zero-order chi connectivity index (χ0) is 13.6. The van der Waals surface area contributed by atoms with E-state index in [1.807, 2.05) is 6.20 Å². The lowest BCUT2D eigenvalue weighted by atomic mass is 9.63. The molecular formula is C16H26BNS. The number of rotatable bonds is 1. The molecule has 1 aromatic heterocycles. The molecule has 1 heterocycles. The van der Waals surface area contributed by atoms with Crippen molar-refractivity contribution >= 4 is 19.2 Å². The Labute approximate surface area is 123 Å². The van der Waals surface area contributed by atoms with Crippen LogP contribution in [-0.4, -0.2) is 12.8 Å². The Kier molecular flexibility index (Phi) is 5.93. The van der Waals surface area contributed by atoms with Crippen molar-refractivity contribution in [3.8, 4) is 0 Å². The summed E-state index contributed by atoms with van der Waals surface area (Å²) < 4.78 is 0. The molecule has 0 aromatic carbocycles. The molecule has 0 amide bonds. The van der Waals surface area contributed by atoms with Crippen LogP contribution >= 0.6 is 11.3 Å². The maximum atomic E-state index is 6.72. The summed E-state index contributed by atoms with van der Waals surface area (Å²) in [5.74, 6) is 0. The standard InChI is InChI=1S/C16H26BNS/c1-14-13-18-15(19-14)16(17)11-9-7-5-3-2-4-6-8-10-12-16/h13H,2-12H2,1H3. The van der Waals surface area contributed by atoms with Crippen molar-refractivity contribution in [1.29, 1.82) is 0 Å². The van der Waals surface area contributed by atoms with Gasteiger partial charge in [0.25, 0.3) is 0 Å². The zero-order valence-corrected chi connectivity index (χ0v) is 13.1. The highest BCUT2D eigenvalue weighted by atomic mass is 32.1. The molecule has 0 aliphatic heterocycles. The third-order valence-electron chi connectivity index (χ3n) is 4.29. The summed E-state index contributed by atoms with van der Waals surface area (Å²) in [6.07, 6.45) is 16.4. The minimum atomic E-state index is -0.155. The molecule has 0 atom stereocenters. The highest BCUT2D eigenvalue weighted by molar-refractivity contribution is 7.11. The molecule has 0 bridgehead atoms. The summed E-state index contributed by atoms with van der Waals surface area (Å²) in [5.41, 5.74) is 0. The van der Waals surface area contributed by atoms with Gasteiger partial charge in [-0.1, -0.05) is 57.8 Å². The molecule has 1 nitrogen and oxygen atoms in total. The summed E-state index contributed by atoms with van der Waals surface area (Å²) >= 11 is 1.79. The van der Waals surface area contributed by atoms with Gasteiger partial charge in [0.2, 0.25) is 0 Å². The van der Waals surface area contributed by atoms with Crippen LogP contribution in [0.2, 0.25) is 0 Å². The van der Waals surface area contributed by atoms with E-state index in [0.29, 0.717) is 0 Å². The van der Waals surface area contributed by atoms with E-state index < -0.39 is 0 Å². The Hall–Kier alpha value is -0.305. The van der Waals surface area contributed by atoms with Crippen LogP contribution in [0.3, 0.4) is 0 Å². The van der Waals surface area contributed by atoms with Crippen LogP contribution in [-0.2, 0) is 5.31 Å². The lowest BCUT2D eigenvalue weighted by molar-refractivity contribution is 0.430. The second kappa shape index (κ2) is 7.47. The molecule has 19 heavy (non-hydrogen) atoms. The van der Waals surface area contributed by atoms with Gasteiger partial charge in [0.1, 0.15) is 0 Å². The summed E-state index contributed by atoms with van der Waals surface area (Å²) in [7, 11) is 6.72. The second-order valence-corrected chi connectivity index (χ2v) is 7.35. The van der Waals surface area contributed by atoms with Crippen molar-refractivity contribution in [3.05, 3.63) is 16.1 Å². The first-order valence-corrected chi connectivity index (χ1v) is 8.74. The molecule has 1 aliphatic rings. The first kappa shape index (κ1) is 15.1. The van der Waals surface area contributed by atoms with E-state index in [1.54, 1.807) is 11.3 Å². The highest BCUT2D eigenvalue weighted by Crippen LogP contribution is 2.35. The molecule has 1 aliphatic carbocycles. The number of thiazole rings is 1. The van der Waals surface area contributed by atoms with E-state index in [9.17, 15) is 0 Å². The lowest BCUT2D eigenvalue weighted by Crippen LogP contribution is -2.26. The first-order chi connectivity index (χ1) is 9.21. The normalized spacial score (nSPS) is 22.4. The van der Waals surface area contributed by atoms with Crippen LogP contribution in [0.4, 0.5) is 0 Å². The van der Waals surface area contributed by atoms with Crippen molar-refractivity contribution in [2.45, 2.75) is 82.9 Å². The predicted octanol–water partition coefficient (Wildman–Crippen LogP) is 5.12. The average molecular weight is 275 g/mol. The number of hydrogen-bond acceptors (Lipinski definition) is 2. The molecule has 2 rings (SSSR count). The van der Waals surface area contributed by atoms with Crippen LogP contribution in [0.5, 0.6) is 0 Å². The lowest BCUT2D eigenvalue weighted by Gasteiger charge is -2.28. The average Bonchev–Trinajstić information content (AvgIpc) is 2.81. The van der Waals surface area contributed by atoms with E-state index >= 15 is 0 Å². The van der Waals surface area contributed by atoms with Gasteiger partial charge in [-0.3, -0.25) is 0 Å². The fourth-order valence-corrected chi connectivity index (χ4v) is 3.97. The molecule has 104 valence electrons. The van der Waals surface area contributed by atoms with Crippen molar-refractivity contribution in [2.24, 2.45) is 0 Å². The van der Waals surface area contributed by atoms with E-state index in [1.165, 1.54) is 67.7 Å². The summed E-state index contributed by atoms with van der Waals surface area (Å²) in [5, 5.41) is 1.01. The third-order valence-corrected chi connectivity index (χ3v) is 5.43. The number of aromatic nitrogens is 1. The first-order valence-electron chi connectivity index (χ1n) is 7.92. The molecular weight excluding hydrogens is 249 g/mol. The van der Waals surface area contributed by atoms with Gasteiger partial charge in [0.05, 0.1) is 12.9 Å². The molecule has 1 saturated carbocycles. The number of nitrogens with zero attached hydrogens (tertiary/aromatic N) is 1. The largest absolute Gasteiger partial charge is 0.250 e. The Morgan fingerprint density at radius 1 is 0.947 bits per heavy atom. The predicted molar refractivity (Wildman–Crippen MR) is 85.1 cm³/mol. The monoisotopic (exact) mass is 275 g/mol. The molecule has 3 heteroatoms. The van der Waals surface area contributed by atoms with E-state index in [2.05, 4.69) is 11.9 Å². The summed E-state index contributed by atoms with van der Waals surface area (Å²) in [6, 6.07) is 0. The minimum Gasteiger partial charge on any atom is -0.250 e. The van der Waals surface area contributed by atoms with Crippen LogP contribution in [0, 0.1) is 6.92 Å². The molecule has 0 unspecified atom stereocenters. The molecule has 0 N–H and O–H groups in total. The fourth-order valence-electron chi connectivity index (χ4n) is 3.04. The van der Waals surface area contributed by atoms with Crippen LogP contribution < -0.4 is 0 Å². The molecule has 1 aromatic rings. The maximum Gasteiger partial charge on any atom is 0.0901 e. The quantitative estimate of drug-likeness (QED) is 0.648. The van der Waals surface area contributed by atoms with Crippen LogP contribution in [0.1, 0.15) is 80.5 Å². The van der Waals surface area contributed by atoms with Gasteiger partial charge in [-0.2, -0.15) is 0 Å². The minimum absolute atomic E-state index is 0.155. The van der Waals surface area contributed by atoms with Crippen LogP contribution in [0.25, 0.3) is 0 Å². The van der Waals surface area contributed by atoms with E-state index in [4.69, 9.17) is 7.85 Å². The van der Waals surface area contributed by atoms with Gasteiger partial charge in [0, 0.05) is 11.1 Å². The highest BCUT2D eigenvalue weighted by Gasteiger charge is 2.28. The van der Waals surface area contributed by atoms with Gasteiger partial charge in [-0.05, 0) is 25.1 Å². The SMILES string of the molecule is [B]C1(c2ncc(C)s2)CCCCCCCCCCC1. The van der Waals surface area contributed by atoms with Gasteiger partial charge in [-0.15, -0.1) is 11.3 Å².